The molecule has 0 atom stereocenters. The number of piperazine rings is 1. The third kappa shape index (κ3) is 5.33. The normalized spacial score (nSPS) is 15.9. The van der Waals surface area contributed by atoms with Crippen LogP contribution in [0.5, 0.6) is 0 Å². The minimum Gasteiger partial charge on any atom is -0.385 e. The molecule has 1 saturated heterocycles. The molecule has 7 nitrogen and oxygen atoms in total. The van der Waals surface area contributed by atoms with Gasteiger partial charge in [0.15, 0.2) is 0 Å². The van der Waals surface area contributed by atoms with Crippen molar-refractivity contribution < 1.29 is 17.9 Å². The number of ether oxygens (including phenoxy) is 1. The van der Waals surface area contributed by atoms with E-state index in [-0.39, 0.29) is 5.91 Å². The summed E-state index contributed by atoms with van der Waals surface area (Å²) >= 11 is 0. The van der Waals surface area contributed by atoms with Gasteiger partial charge in [-0.1, -0.05) is 30.3 Å². The van der Waals surface area contributed by atoms with Gasteiger partial charge in [0.2, 0.25) is 15.9 Å². The predicted molar refractivity (Wildman–Crippen MR) is 113 cm³/mol. The molecule has 158 valence electrons. The average Bonchev–Trinajstić information content (AvgIpc) is 2.73. The highest BCUT2D eigenvalue weighted by Gasteiger charge is 2.30. The molecule has 1 heterocycles. The standard InChI is InChI=1S/C21H29N3O4S/c1-22(10-5-15-28-2)17-21(25)23-11-13-24(14-12-23)29(26,27)20-9-8-18-6-3-4-7-19(18)16-20/h3-4,6-9,16H,5,10-15,17H2,1-2H3. The third-order valence-electron chi connectivity index (χ3n) is 5.24. The molecule has 2 aromatic carbocycles. The quantitative estimate of drug-likeness (QED) is 0.609. The largest absolute Gasteiger partial charge is 0.385 e. The summed E-state index contributed by atoms with van der Waals surface area (Å²) in [5, 5.41) is 1.91. The molecule has 0 aliphatic carbocycles. The molecule has 0 N–H and O–H groups in total. The van der Waals surface area contributed by atoms with Gasteiger partial charge in [0, 0.05) is 46.4 Å². The zero-order valence-corrected chi connectivity index (χ0v) is 17.9. The van der Waals surface area contributed by atoms with Gasteiger partial charge < -0.3 is 9.64 Å². The van der Waals surface area contributed by atoms with Crippen molar-refractivity contribution in [2.24, 2.45) is 0 Å². The second kappa shape index (κ2) is 9.67. The van der Waals surface area contributed by atoms with Crippen molar-refractivity contribution in [3.05, 3.63) is 42.5 Å². The number of hydrogen-bond donors (Lipinski definition) is 0. The number of sulfonamides is 1. The molecule has 0 radical (unpaired) electrons. The molecule has 0 unspecified atom stereocenters. The smallest absolute Gasteiger partial charge is 0.243 e. The van der Waals surface area contributed by atoms with Crippen molar-refractivity contribution in [3.8, 4) is 0 Å². The molecule has 1 fully saturated rings. The third-order valence-corrected chi connectivity index (χ3v) is 7.14. The van der Waals surface area contributed by atoms with Crippen molar-refractivity contribution in [2.75, 3.05) is 60.0 Å². The molecule has 3 rings (SSSR count). The molecule has 1 aliphatic heterocycles. The van der Waals surface area contributed by atoms with E-state index in [1.54, 1.807) is 24.1 Å². The highest BCUT2D eigenvalue weighted by molar-refractivity contribution is 7.89. The zero-order chi connectivity index (χ0) is 20.9. The summed E-state index contributed by atoms with van der Waals surface area (Å²) in [5.74, 6) is 0.0349. The monoisotopic (exact) mass is 419 g/mol. The van der Waals surface area contributed by atoms with Crippen LogP contribution in [0, 0.1) is 0 Å². The Kier molecular flexibility index (Phi) is 7.23. The van der Waals surface area contributed by atoms with E-state index in [1.807, 2.05) is 42.3 Å². The van der Waals surface area contributed by atoms with E-state index in [4.69, 9.17) is 4.74 Å². The Morgan fingerprint density at radius 2 is 1.76 bits per heavy atom. The van der Waals surface area contributed by atoms with Crippen LogP contribution in [0.3, 0.4) is 0 Å². The molecule has 0 saturated carbocycles. The number of methoxy groups -OCH3 is 1. The van der Waals surface area contributed by atoms with Gasteiger partial charge in [-0.2, -0.15) is 4.31 Å². The van der Waals surface area contributed by atoms with Crippen LogP contribution >= 0.6 is 0 Å². The van der Waals surface area contributed by atoms with Gasteiger partial charge in [0.25, 0.3) is 0 Å². The van der Waals surface area contributed by atoms with Crippen molar-refractivity contribution in [1.82, 2.24) is 14.1 Å². The van der Waals surface area contributed by atoms with Gasteiger partial charge in [-0.15, -0.1) is 0 Å². The van der Waals surface area contributed by atoms with E-state index in [0.29, 0.717) is 44.2 Å². The molecule has 0 aromatic heterocycles. The minimum absolute atomic E-state index is 0.0349. The zero-order valence-electron chi connectivity index (χ0n) is 17.1. The lowest BCUT2D eigenvalue weighted by Crippen LogP contribution is -2.52. The van der Waals surface area contributed by atoms with Gasteiger partial charge in [-0.05, 0) is 36.4 Å². The number of amides is 1. The lowest BCUT2D eigenvalue weighted by molar-refractivity contribution is -0.133. The molecular weight excluding hydrogens is 390 g/mol. The lowest BCUT2D eigenvalue weighted by Gasteiger charge is -2.34. The van der Waals surface area contributed by atoms with E-state index < -0.39 is 10.0 Å². The van der Waals surface area contributed by atoms with Crippen molar-refractivity contribution >= 4 is 26.7 Å². The SMILES string of the molecule is COCCCN(C)CC(=O)N1CCN(S(=O)(=O)c2ccc3ccccc3c2)CC1. The van der Waals surface area contributed by atoms with Crippen molar-refractivity contribution in [2.45, 2.75) is 11.3 Å². The Morgan fingerprint density at radius 3 is 2.45 bits per heavy atom. The fraction of sp³-hybridized carbons (Fsp3) is 0.476. The number of hydrogen-bond acceptors (Lipinski definition) is 5. The van der Waals surface area contributed by atoms with Crippen LogP contribution in [0.15, 0.2) is 47.4 Å². The molecule has 0 spiro atoms. The van der Waals surface area contributed by atoms with Crippen LogP contribution < -0.4 is 0 Å². The summed E-state index contributed by atoms with van der Waals surface area (Å²) in [7, 11) is 0.00445. The Hall–Kier alpha value is -2.00. The molecule has 1 amide bonds. The Bertz CT molecular complexity index is 940. The molecule has 29 heavy (non-hydrogen) atoms. The summed E-state index contributed by atoms with van der Waals surface area (Å²) < 4.78 is 32.6. The van der Waals surface area contributed by atoms with Crippen LogP contribution in [-0.2, 0) is 19.6 Å². The van der Waals surface area contributed by atoms with Crippen LogP contribution in [0.25, 0.3) is 10.8 Å². The molecular formula is C21H29N3O4S. The van der Waals surface area contributed by atoms with E-state index in [2.05, 4.69) is 0 Å². The van der Waals surface area contributed by atoms with Gasteiger partial charge in [0.1, 0.15) is 0 Å². The van der Waals surface area contributed by atoms with E-state index in [0.717, 1.165) is 23.7 Å². The highest BCUT2D eigenvalue weighted by Crippen LogP contribution is 2.22. The highest BCUT2D eigenvalue weighted by atomic mass is 32.2. The van der Waals surface area contributed by atoms with Crippen LogP contribution in [0.2, 0.25) is 0 Å². The van der Waals surface area contributed by atoms with Crippen LogP contribution in [0.4, 0.5) is 0 Å². The summed E-state index contributed by atoms with van der Waals surface area (Å²) in [6.07, 6.45) is 0.873. The fourth-order valence-corrected chi connectivity index (χ4v) is 5.00. The first-order valence-electron chi connectivity index (χ1n) is 9.86. The van der Waals surface area contributed by atoms with Crippen LogP contribution in [-0.4, -0.2) is 88.5 Å². The number of likely N-dealkylation sites (N-methyl/N-ethyl adjacent to an activating group) is 1. The number of carbonyl (C=O) groups is 1. The number of rotatable bonds is 8. The van der Waals surface area contributed by atoms with Gasteiger partial charge in [-0.25, -0.2) is 8.42 Å². The Morgan fingerprint density at radius 1 is 1.07 bits per heavy atom. The number of carbonyl (C=O) groups excluding carboxylic acids is 1. The summed E-state index contributed by atoms with van der Waals surface area (Å²) in [4.78, 5) is 16.5. The molecule has 8 heteroatoms. The number of benzene rings is 2. The Balaban J connectivity index is 1.58. The second-order valence-electron chi connectivity index (χ2n) is 7.38. The number of fused-ring (bicyclic) bond motifs is 1. The van der Waals surface area contributed by atoms with Crippen LogP contribution in [0.1, 0.15) is 6.42 Å². The van der Waals surface area contributed by atoms with Gasteiger partial charge in [-0.3, -0.25) is 9.69 Å². The first-order valence-corrected chi connectivity index (χ1v) is 11.3. The van der Waals surface area contributed by atoms with Crippen molar-refractivity contribution in [3.63, 3.8) is 0 Å². The van der Waals surface area contributed by atoms with E-state index in [1.165, 1.54) is 4.31 Å². The fourth-order valence-electron chi connectivity index (χ4n) is 3.54. The second-order valence-corrected chi connectivity index (χ2v) is 9.32. The number of nitrogens with zero attached hydrogens (tertiary/aromatic N) is 3. The van der Waals surface area contributed by atoms with Gasteiger partial charge in [0.05, 0.1) is 11.4 Å². The van der Waals surface area contributed by atoms with Gasteiger partial charge >= 0.3 is 0 Å². The maximum atomic E-state index is 13.0. The summed E-state index contributed by atoms with van der Waals surface area (Å²) in [6, 6.07) is 12.9. The predicted octanol–water partition coefficient (Wildman–Crippen LogP) is 1.64. The topological polar surface area (TPSA) is 70.2 Å². The molecule has 0 bridgehead atoms. The average molecular weight is 420 g/mol. The minimum atomic E-state index is -3.57. The molecule has 1 aliphatic rings. The first kappa shape index (κ1) is 21.7. The Labute approximate surface area is 172 Å². The maximum Gasteiger partial charge on any atom is 0.243 e. The summed E-state index contributed by atoms with van der Waals surface area (Å²) in [6.45, 7) is 3.25. The lowest BCUT2D eigenvalue weighted by atomic mass is 10.1. The maximum absolute atomic E-state index is 13.0. The van der Waals surface area contributed by atoms with E-state index >= 15 is 0 Å². The first-order chi connectivity index (χ1) is 13.9. The van der Waals surface area contributed by atoms with Crippen molar-refractivity contribution in [1.29, 1.82) is 0 Å². The molecule has 2 aromatic rings. The van der Waals surface area contributed by atoms with E-state index in [9.17, 15) is 13.2 Å². The summed E-state index contributed by atoms with van der Waals surface area (Å²) in [5.41, 5.74) is 0.